The van der Waals surface area contributed by atoms with E-state index in [0.717, 1.165) is 0 Å². The molecule has 2 N–H and O–H groups in total. The van der Waals surface area contributed by atoms with Gasteiger partial charge in [0.15, 0.2) is 11.6 Å². The summed E-state index contributed by atoms with van der Waals surface area (Å²) in [5.74, 6) is -2.94. The Morgan fingerprint density at radius 2 is 1.96 bits per heavy atom. The molecule has 1 aliphatic heterocycles. The average molecular weight is 325 g/mol. The van der Waals surface area contributed by atoms with E-state index in [1.807, 2.05) is 0 Å². The Morgan fingerprint density at radius 1 is 1.30 bits per heavy atom. The Balaban J connectivity index is 1.59. The third-order valence-corrected chi connectivity index (χ3v) is 4.52. The molecule has 1 aliphatic carbocycles. The summed E-state index contributed by atoms with van der Waals surface area (Å²) < 4.78 is 51.5. The third kappa shape index (κ3) is 3.83. The molecule has 3 rings (SSSR count). The van der Waals surface area contributed by atoms with Crippen LogP contribution < -0.4 is 10.5 Å². The van der Waals surface area contributed by atoms with Crippen molar-refractivity contribution in [3.8, 4) is 5.75 Å². The van der Waals surface area contributed by atoms with Crippen LogP contribution in [0.2, 0.25) is 0 Å². The molecule has 0 amide bonds. The molecule has 0 aromatic heterocycles. The molecule has 2 aliphatic rings. The van der Waals surface area contributed by atoms with E-state index in [-0.39, 0.29) is 31.1 Å². The van der Waals surface area contributed by atoms with E-state index in [0.29, 0.717) is 24.8 Å². The predicted molar refractivity (Wildman–Crippen MR) is 79.9 cm³/mol. The lowest BCUT2D eigenvalue weighted by Crippen LogP contribution is -2.54. The summed E-state index contributed by atoms with van der Waals surface area (Å²) in [5.41, 5.74) is 4.70. The lowest BCUT2D eigenvalue weighted by Gasteiger charge is -2.43. The first-order valence-electron chi connectivity index (χ1n) is 7.80. The number of hydrogen-bond donors (Lipinski definition) is 1. The van der Waals surface area contributed by atoms with Crippen LogP contribution in [0.4, 0.5) is 13.2 Å². The number of nitrogens with two attached hydrogens (primary N) is 1. The van der Waals surface area contributed by atoms with Gasteiger partial charge in [-0.25, -0.2) is 13.2 Å². The van der Waals surface area contributed by atoms with Crippen molar-refractivity contribution in [3.05, 3.63) is 29.6 Å². The third-order valence-electron chi connectivity index (χ3n) is 4.52. The summed E-state index contributed by atoms with van der Waals surface area (Å²) in [4.78, 5) is 0. The summed E-state index contributed by atoms with van der Waals surface area (Å²) in [6.07, 6.45) is 0.363. The normalized spacial score (nSPS) is 30.7. The van der Waals surface area contributed by atoms with Crippen LogP contribution in [-0.4, -0.2) is 26.0 Å². The fourth-order valence-electron chi connectivity index (χ4n) is 3.08. The van der Waals surface area contributed by atoms with E-state index in [4.69, 9.17) is 23.1 Å². The second-order valence-corrected chi connectivity index (χ2v) is 6.54. The van der Waals surface area contributed by atoms with Crippen LogP contribution in [-0.2, 0) is 4.74 Å². The van der Waals surface area contributed by atoms with E-state index >= 15 is 0 Å². The maximum absolute atomic E-state index is 14.5. The molecule has 2 unspecified atom stereocenters. The largest absolute Gasteiger partial charge is 0.490 e. The van der Waals surface area contributed by atoms with Crippen molar-refractivity contribution in [2.75, 3.05) is 6.61 Å². The molecule has 1 saturated heterocycles. The van der Waals surface area contributed by atoms with E-state index in [2.05, 4.69) is 0 Å². The zero-order valence-electron chi connectivity index (χ0n) is 12.7. The summed E-state index contributed by atoms with van der Waals surface area (Å²) >= 11 is 0. The Kier molecular flexibility index (Phi) is 4.36. The topological polar surface area (TPSA) is 44.5 Å². The smallest absolute Gasteiger partial charge is 0.248 e. The standard InChI is InChI=1S/C16H19BF3NO2/c17-16(21)8-13(23-16)11-2-1-3-12(14(11)18)22-9-10-4-6-15(19,20)7-5-10/h1-3,10,13H,4-9,21H2. The van der Waals surface area contributed by atoms with Crippen LogP contribution in [0.5, 0.6) is 5.75 Å². The summed E-state index contributed by atoms with van der Waals surface area (Å²) in [6.45, 7) is 0.236. The molecular formula is C16H19BF3NO2. The molecule has 1 saturated carbocycles. The first kappa shape index (κ1) is 16.6. The number of hydrogen-bond acceptors (Lipinski definition) is 3. The van der Waals surface area contributed by atoms with Gasteiger partial charge >= 0.3 is 0 Å². The van der Waals surface area contributed by atoms with Crippen LogP contribution in [0.25, 0.3) is 0 Å². The molecule has 3 nitrogen and oxygen atoms in total. The van der Waals surface area contributed by atoms with E-state index < -0.39 is 23.5 Å². The van der Waals surface area contributed by atoms with Crippen LogP contribution >= 0.6 is 0 Å². The predicted octanol–water partition coefficient (Wildman–Crippen LogP) is 3.27. The number of rotatable bonds is 4. The van der Waals surface area contributed by atoms with Crippen molar-refractivity contribution in [2.45, 2.75) is 49.8 Å². The fourth-order valence-corrected chi connectivity index (χ4v) is 3.08. The second kappa shape index (κ2) is 6.02. The van der Waals surface area contributed by atoms with Crippen molar-refractivity contribution >= 4 is 7.85 Å². The van der Waals surface area contributed by atoms with Crippen molar-refractivity contribution in [3.63, 3.8) is 0 Å². The van der Waals surface area contributed by atoms with Gasteiger partial charge in [0.25, 0.3) is 0 Å². The second-order valence-electron chi connectivity index (χ2n) is 6.54. The fraction of sp³-hybridized carbons (Fsp3) is 0.625. The van der Waals surface area contributed by atoms with Gasteiger partial charge in [-0.2, -0.15) is 0 Å². The Hall–Kier alpha value is -1.21. The monoisotopic (exact) mass is 325 g/mol. The maximum Gasteiger partial charge on any atom is 0.248 e. The lowest BCUT2D eigenvalue weighted by atomic mass is 9.79. The molecule has 1 heterocycles. The van der Waals surface area contributed by atoms with Gasteiger partial charge in [0, 0.05) is 24.8 Å². The summed E-state index contributed by atoms with van der Waals surface area (Å²) in [7, 11) is 5.56. The molecule has 0 bridgehead atoms. The quantitative estimate of drug-likeness (QED) is 0.864. The number of alkyl halides is 2. The summed E-state index contributed by atoms with van der Waals surface area (Å²) in [6, 6.07) is 4.79. The molecule has 2 atom stereocenters. The van der Waals surface area contributed by atoms with E-state index in [1.54, 1.807) is 12.1 Å². The number of ether oxygens (including phenoxy) is 2. The summed E-state index contributed by atoms with van der Waals surface area (Å²) in [5, 5.41) is 0. The van der Waals surface area contributed by atoms with Gasteiger partial charge in [-0.15, -0.1) is 0 Å². The minimum absolute atomic E-state index is 0.0263. The van der Waals surface area contributed by atoms with E-state index in [1.165, 1.54) is 6.07 Å². The molecule has 2 fully saturated rings. The lowest BCUT2D eigenvalue weighted by molar-refractivity contribution is -0.155. The van der Waals surface area contributed by atoms with Crippen molar-refractivity contribution in [2.24, 2.45) is 11.7 Å². The highest BCUT2D eigenvalue weighted by molar-refractivity contribution is 6.14. The van der Waals surface area contributed by atoms with Crippen molar-refractivity contribution in [1.29, 1.82) is 0 Å². The molecule has 0 spiro atoms. The zero-order chi connectivity index (χ0) is 16.7. The Morgan fingerprint density at radius 3 is 2.57 bits per heavy atom. The highest BCUT2D eigenvalue weighted by Crippen LogP contribution is 2.41. The highest BCUT2D eigenvalue weighted by atomic mass is 19.3. The van der Waals surface area contributed by atoms with Crippen LogP contribution in [0, 0.1) is 11.7 Å². The Bertz CT molecular complexity index is 564. The number of halogens is 3. The SMILES string of the molecule is [B]C1(N)CC(c2cccc(OCC3CCC(F)(F)CC3)c2F)O1. The van der Waals surface area contributed by atoms with Crippen molar-refractivity contribution in [1.82, 2.24) is 0 Å². The van der Waals surface area contributed by atoms with Gasteiger partial charge in [0.2, 0.25) is 5.92 Å². The highest BCUT2D eigenvalue weighted by Gasteiger charge is 2.40. The van der Waals surface area contributed by atoms with Gasteiger partial charge in [0.1, 0.15) is 7.85 Å². The minimum atomic E-state index is -2.57. The van der Waals surface area contributed by atoms with Gasteiger partial charge in [-0.3, -0.25) is 0 Å². The van der Waals surface area contributed by atoms with Gasteiger partial charge in [0.05, 0.1) is 18.3 Å². The number of benzene rings is 1. The minimum Gasteiger partial charge on any atom is -0.490 e. The van der Waals surface area contributed by atoms with Crippen LogP contribution in [0.15, 0.2) is 18.2 Å². The molecule has 2 radical (unpaired) electrons. The van der Waals surface area contributed by atoms with Crippen LogP contribution in [0.1, 0.15) is 43.8 Å². The first-order valence-corrected chi connectivity index (χ1v) is 7.80. The molecule has 1 aromatic carbocycles. The molecular weight excluding hydrogens is 306 g/mol. The van der Waals surface area contributed by atoms with Crippen molar-refractivity contribution < 1.29 is 22.6 Å². The molecule has 124 valence electrons. The Labute approximate surface area is 134 Å². The van der Waals surface area contributed by atoms with Gasteiger partial charge in [-0.1, -0.05) is 12.1 Å². The van der Waals surface area contributed by atoms with Gasteiger partial charge < -0.3 is 15.2 Å². The molecule has 1 aromatic rings. The van der Waals surface area contributed by atoms with Gasteiger partial charge in [-0.05, 0) is 24.8 Å². The van der Waals surface area contributed by atoms with Crippen LogP contribution in [0.3, 0.4) is 0 Å². The van der Waals surface area contributed by atoms with E-state index in [9.17, 15) is 13.2 Å². The first-order chi connectivity index (χ1) is 10.8. The maximum atomic E-state index is 14.5. The molecule has 23 heavy (non-hydrogen) atoms. The average Bonchev–Trinajstić information content (AvgIpc) is 2.45. The molecule has 7 heteroatoms. The zero-order valence-corrected chi connectivity index (χ0v) is 12.7.